The van der Waals surface area contributed by atoms with Gasteiger partial charge >= 0.3 is 12.0 Å². The van der Waals surface area contributed by atoms with E-state index in [-0.39, 0.29) is 31.5 Å². The molecule has 0 saturated carbocycles. The molecule has 2 N–H and O–H groups in total. The number of carbonyl (C=O) groups is 3. The van der Waals surface area contributed by atoms with E-state index in [0.717, 1.165) is 0 Å². The maximum absolute atomic E-state index is 12.3. The molecule has 9 nitrogen and oxygen atoms in total. The van der Waals surface area contributed by atoms with Crippen molar-refractivity contribution in [3.8, 4) is 11.5 Å². The highest BCUT2D eigenvalue weighted by Crippen LogP contribution is 2.33. The maximum atomic E-state index is 12.3. The molecule has 1 aromatic carbocycles. The van der Waals surface area contributed by atoms with Crippen LogP contribution < -0.4 is 25.0 Å². The zero-order valence-electron chi connectivity index (χ0n) is 15.0. The lowest BCUT2D eigenvalue weighted by molar-refractivity contribution is -0.141. The fourth-order valence-electron chi connectivity index (χ4n) is 2.65. The Labute approximate surface area is 151 Å². The molecule has 1 aromatic rings. The lowest BCUT2D eigenvalue weighted by Crippen LogP contribution is -2.45. The van der Waals surface area contributed by atoms with Gasteiger partial charge in [-0.05, 0) is 19.1 Å². The lowest BCUT2D eigenvalue weighted by atomic mass is 10.2. The number of anilines is 1. The first-order valence-electron chi connectivity index (χ1n) is 8.20. The Morgan fingerprint density at radius 3 is 2.62 bits per heavy atom. The van der Waals surface area contributed by atoms with Gasteiger partial charge in [-0.25, -0.2) is 4.79 Å². The summed E-state index contributed by atoms with van der Waals surface area (Å²) < 4.78 is 15.2. The number of hydrogen-bond donors (Lipinski definition) is 2. The summed E-state index contributed by atoms with van der Waals surface area (Å²) in [6.45, 7) is 2.03. The van der Waals surface area contributed by atoms with Crippen LogP contribution in [0.2, 0.25) is 0 Å². The summed E-state index contributed by atoms with van der Waals surface area (Å²) in [6.07, 6.45) is 0.168. The second-order valence-electron chi connectivity index (χ2n) is 5.58. The van der Waals surface area contributed by atoms with Crippen molar-refractivity contribution in [2.45, 2.75) is 19.4 Å². The molecule has 1 aliphatic rings. The Morgan fingerprint density at radius 2 is 1.96 bits per heavy atom. The summed E-state index contributed by atoms with van der Waals surface area (Å²) in [6, 6.07) is 4.29. The number of ether oxygens (including phenoxy) is 3. The number of methoxy groups -OCH3 is 2. The van der Waals surface area contributed by atoms with Crippen LogP contribution in [0.15, 0.2) is 18.2 Å². The molecule has 0 radical (unpaired) electrons. The summed E-state index contributed by atoms with van der Waals surface area (Å²) in [4.78, 5) is 36.9. The Bertz CT molecular complexity index is 678. The first-order valence-corrected chi connectivity index (χ1v) is 8.20. The predicted octanol–water partition coefficient (Wildman–Crippen LogP) is 0.671. The molecule has 0 bridgehead atoms. The van der Waals surface area contributed by atoms with Crippen LogP contribution in [0.5, 0.6) is 11.5 Å². The highest BCUT2D eigenvalue weighted by molar-refractivity contribution is 5.97. The Kier molecular flexibility index (Phi) is 6.65. The third kappa shape index (κ3) is 4.78. The number of nitrogens with zero attached hydrogens (tertiary/aromatic N) is 1. The van der Waals surface area contributed by atoms with Gasteiger partial charge < -0.3 is 29.7 Å². The van der Waals surface area contributed by atoms with Gasteiger partial charge in [-0.15, -0.1) is 0 Å². The van der Waals surface area contributed by atoms with E-state index in [9.17, 15) is 14.4 Å². The smallest absolute Gasteiger partial charge is 0.325 e. The Morgan fingerprint density at radius 1 is 1.23 bits per heavy atom. The highest BCUT2D eigenvalue weighted by Gasteiger charge is 2.32. The van der Waals surface area contributed by atoms with Crippen LogP contribution in [0, 0.1) is 0 Å². The molecule has 2 rings (SSSR count). The number of benzene rings is 1. The van der Waals surface area contributed by atoms with Gasteiger partial charge in [-0.1, -0.05) is 0 Å². The second-order valence-corrected chi connectivity index (χ2v) is 5.58. The number of nitrogens with one attached hydrogen (secondary N) is 2. The first kappa shape index (κ1) is 19.4. The SMILES string of the molecule is CCOC(=O)CNC(=O)NC1CC(=O)N(c2ccc(OC)c(OC)c2)C1. The van der Waals surface area contributed by atoms with Crippen LogP contribution in [0.3, 0.4) is 0 Å². The second kappa shape index (κ2) is 8.93. The fraction of sp³-hybridized carbons (Fsp3) is 0.471. The van der Waals surface area contributed by atoms with E-state index in [4.69, 9.17) is 14.2 Å². The minimum Gasteiger partial charge on any atom is -0.493 e. The predicted molar refractivity (Wildman–Crippen MR) is 93.5 cm³/mol. The molecule has 1 atom stereocenters. The van der Waals surface area contributed by atoms with E-state index >= 15 is 0 Å². The van der Waals surface area contributed by atoms with E-state index in [0.29, 0.717) is 23.7 Å². The van der Waals surface area contributed by atoms with Crippen molar-refractivity contribution in [3.05, 3.63) is 18.2 Å². The molecule has 1 saturated heterocycles. The van der Waals surface area contributed by atoms with Crippen LogP contribution in [0.1, 0.15) is 13.3 Å². The monoisotopic (exact) mass is 365 g/mol. The van der Waals surface area contributed by atoms with Crippen molar-refractivity contribution >= 4 is 23.6 Å². The minimum atomic E-state index is -0.523. The molecule has 0 aromatic heterocycles. The summed E-state index contributed by atoms with van der Waals surface area (Å²) in [5.41, 5.74) is 0.656. The van der Waals surface area contributed by atoms with E-state index < -0.39 is 12.0 Å². The lowest BCUT2D eigenvalue weighted by Gasteiger charge is -2.19. The number of urea groups is 1. The van der Waals surface area contributed by atoms with Gasteiger partial charge in [-0.2, -0.15) is 0 Å². The van der Waals surface area contributed by atoms with Crippen molar-refractivity contribution < 1.29 is 28.6 Å². The quantitative estimate of drug-likeness (QED) is 0.688. The maximum Gasteiger partial charge on any atom is 0.325 e. The van der Waals surface area contributed by atoms with Gasteiger partial charge in [0.2, 0.25) is 5.91 Å². The number of carbonyl (C=O) groups excluding carboxylic acids is 3. The van der Waals surface area contributed by atoms with E-state index in [1.165, 1.54) is 14.2 Å². The fourth-order valence-corrected chi connectivity index (χ4v) is 2.65. The zero-order valence-corrected chi connectivity index (χ0v) is 15.0. The molecule has 1 heterocycles. The van der Waals surface area contributed by atoms with E-state index in [1.54, 1.807) is 30.0 Å². The molecule has 26 heavy (non-hydrogen) atoms. The van der Waals surface area contributed by atoms with Crippen molar-refractivity contribution in [3.63, 3.8) is 0 Å². The molecule has 142 valence electrons. The number of hydrogen-bond acceptors (Lipinski definition) is 6. The van der Waals surface area contributed by atoms with Crippen LogP contribution in [-0.2, 0) is 14.3 Å². The molecule has 0 spiro atoms. The topological polar surface area (TPSA) is 106 Å². The van der Waals surface area contributed by atoms with Crippen molar-refractivity contribution in [2.75, 3.05) is 38.8 Å². The molecule has 3 amide bonds. The summed E-state index contributed by atoms with van der Waals surface area (Å²) in [7, 11) is 3.05. The number of amides is 3. The zero-order chi connectivity index (χ0) is 19.1. The van der Waals surface area contributed by atoms with E-state index in [1.807, 2.05) is 0 Å². The van der Waals surface area contributed by atoms with Gasteiger partial charge in [0, 0.05) is 24.7 Å². The van der Waals surface area contributed by atoms with Crippen molar-refractivity contribution in [1.29, 1.82) is 0 Å². The van der Waals surface area contributed by atoms with Gasteiger partial charge in [0.25, 0.3) is 0 Å². The molecule has 1 unspecified atom stereocenters. The molecular formula is C17H23N3O6. The van der Waals surface area contributed by atoms with Crippen LogP contribution in [-0.4, -0.2) is 57.9 Å². The third-order valence-corrected chi connectivity index (χ3v) is 3.84. The van der Waals surface area contributed by atoms with Crippen LogP contribution in [0.25, 0.3) is 0 Å². The standard InChI is InChI=1S/C17H23N3O6/c1-4-26-16(22)9-18-17(23)19-11-7-15(21)20(10-11)12-5-6-13(24-2)14(8-12)25-3/h5-6,8,11H,4,7,9-10H2,1-3H3,(H2,18,19,23). The number of rotatable bonds is 7. The third-order valence-electron chi connectivity index (χ3n) is 3.84. The normalized spacial score (nSPS) is 16.2. The van der Waals surface area contributed by atoms with Crippen molar-refractivity contribution in [2.24, 2.45) is 0 Å². The molecule has 1 aliphatic heterocycles. The summed E-state index contributed by atoms with van der Waals surface area (Å²) in [5, 5.41) is 5.09. The Balaban J connectivity index is 1.94. The van der Waals surface area contributed by atoms with Gasteiger partial charge in [0.1, 0.15) is 6.54 Å². The van der Waals surface area contributed by atoms with Gasteiger partial charge in [-0.3, -0.25) is 9.59 Å². The molecule has 0 aliphatic carbocycles. The highest BCUT2D eigenvalue weighted by atomic mass is 16.5. The summed E-state index contributed by atoms with van der Waals surface area (Å²) in [5.74, 6) is 0.447. The minimum absolute atomic E-state index is 0.118. The molecule has 9 heteroatoms. The first-order chi connectivity index (χ1) is 12.5. The average molecular weight is 365 g/mol. The number of esters is 1. The van der Waals surface area contributed by atoms with Crippen molar-refractivity contribution in [1.82, 2.24) is 10.6 Å². The average Bonchev–Trinajstić information content (AvgIpc) is 2.99. The summed E-state index contributed by atoms with van der Waals surface area (Å²) >= 11 is 0. The molecular weight excluding hydrogens is 342 g/mol. The van der Waals surface area contributed by atoms with Crippen LogP contribution in [0.4, 0.5) is 10.5 Å². The largest absolute Gasteiger partial charge is 0.493 e. The Hall–Kier alpha value is -2.97. The van der Waals surface area contributed by atoms with E-state index in [2.05, 4.69) is 10.6 Å². The van der Waals surface area contributed by atoms with Crippen LogP contribution >= 0.6 is 0 Å². The van der Waals surface area contributed by atoms with Gasteiger partial charge in [0.05, 0.1) is 26.9 Å². The molecule has 1 fully saturated rings. The van der Waals surface area contributed by atoms with Gasteiger partial charge in [0.15, 0.2) is 11.5 Å².